The smallest absolute Gasteiger partial charge is 0.123 e. The van der Waals surface area contributed by atoms with E-state index in [0.29, 0.717) is 6.42 Å². The van der Waals surface area contributed by atoms with Crippen molar-refractivity contribution >= 4 is 23.2 Å². The van der Waals surface area contributed by atoms with E-state index in [9.17, 15) is 4.39 Å². The van der Waals surface area contributed by atoms with Crippen molar-refractivity contribution in [2.45, 2.75) is 11.8 Å². The lowest BCUT2D eigenvalue weighted by molar-refractivity contribution is 0.521. The lowest BCUT2D eigenvalue weighted by Gasteiger charge is -2.29. The number of hydrogen-bond acceptors (Lipinski definition) is 2. The van der Waals surface area contributed by atoms with Crippen molar-refractivity contribution < 1.29 is 4.39 Å². The second-order valence-corrected chi connectivity index (χ2v) is 5.15. The molecule has 2 aromatic rings. The normalized spacial score (nSPS) is 11.8. The van der Waals surface area contributed by atoms with E-state index >= 15 is 0 Å². The molecule has 2 rings (SSSR count). The third-order valence-corrected chi connectivity index (χ3v) is 4.14. The Bertz CT molecular complexity index is 552. The Morgan fingerprint density at radius 2 is 2.05 bits per heavy atom. The van der Waals surface area contributed by atoms with Gasteiger partial charge in [0, 0.05) is 36.8 Å². The van der Waals surface area contributed by atoms with Gasteiger partial charge in [0.2, 0.25) is 0 Å². The Morgan fingerprint density at radius 3 is 2.58 bits per heavy atom. The van der Waals surface area contributed by atoms with Crippen molar-refractivity contribution in [2.75, 3.05) is 11.8 Å². The molecule has 0 aliphatic rings. The van der Waals surface area contributed by atoms with Crippen LogP contribution in [0.25, 0.3) is 0 Å². The van der Waals surface area contributed by atoms with E-state index in [-0.39, 0.29) is 17.6 Å². The highest BCUT2D eigenvalue weighted by molar-refractivity contribution is 6.22. The molecule has 1 aromatic carbocycles. The monoisotopic (exact) mass is 301 g/mol. The Balaban J connectivity index is 2.37. The van der Waals surface area contributed by atoms with Crippen molar-refractivity contribution in [1.82, 2.24) is 15.0 Å². The molecule has 0 saturated heterocycles. The van der Waals surface area contributed by atoms with Gasteiger partial charge in [0.05, 0.1) is 5.69 Å². The first-order valence-corrected chi connectivity index (χ1v) is 6.90. The first kappa shape index (κ1) is 14.3. The van der Waals surface area contributed by atoms with Crippen LogP contribution in [0.1, 0.15) is 11.3 Å². The molecule has 0 bridgehead atoms. The molecule has 0 spiro atoms. The summed E-state index contributed by atoms with van der Waals surface area (Å²) in [7, 11) is 1.79. The topological polar surface area (TPSA) is 30.7 Å². The maximum atomic E-state index is 13.4. The largest absolute Gasteiger partial charge is 0.255 e. The summed E-state index contributed by atoms with van der Waals surface area (Å²) in [6, 6.07) is 6.37. The molecular formula is C13H14Cl2FN3. The van der Waals surface area contributed by atoms with E-state index in [0.717, 1.165) is 11.3 Å². The van der Waals surface area contributed by atoms with Gasteiger partial charge in [-0.15, -0.1) is 28.3 Å². The number of alkyl halides is 2. The van der Waals surface area contributed by atoms with Gasteiger partial charge in [0.1, 0.15) is 5.82 Å². The summed E-state index contributed by atoms with van der Waals surface area (Å²) in [6.07, 6.45) is 2.34. The zero-order valence-electron chi connectivity index (χ0n) is 10.5. The third kappa shape index (κ3) is 3.07. The van der Waals surface area contributed by atoms with Gasteiger partial charge in [-0.05, 0) is 17.7 Å². The molecule has 0 unspecified atom stereocenters. The zero-order valence-corrected chi connectivity index (χ0v) is 12.0. The van der Waals surface area contributed by atoms with Crippen LogP contribution in [0.3, 0.4) is 0 Å². The number of aromatic nitrogens is 3. The molecule has 0 saturated carbocycles. The molecule has 0 radical (unpaired) electrons. The summed E-state index contributed by atoms with van der Waals surface area (Å²) in [4.78, 5) is 0. The van der Waals surface area contributed by atoms with Crippen LogP contribution < -0.4 is 0 Å². The van der Waals surface area contributed by atoms with Gasteiger partial charge < -0.3 is 0 Å². The van der Waals surface area contributed by atoms with Crippen LogP contribution in [-0.2, 0) is 18.9 Å². The van der Waals surface area contributed by atoms with Gasteiger partial charge >= 0.3 is 0 Å². The first-order valence-electron chi connectivity index (χ1n) is 5.83. The summed E-state index contributed by atoms with van der Waals surface area (Å²) in [5.74, 6) is 0.281. The van der Waals surface area contributed by atoms with Crippen molar-refractivity contribution in [3.63, 3.8) is 0 Å². The fourth-order valence-corrected chi connectivity index (χ4v) is 2.81. The Labute approximate surface area is 121 Å². The van der Waals surface area contributed by atoms with Crippen LogP contribution >= 0.6 is 23.2 Å². The fraction of sp³-hybridized carbons (Fsp3) is 0.385. The van der Waals surface area contributed by atoms with E-state index in [2.05, 4.69) is 10.3 Å². The van der Waals surface area contributed by atoms with Crippen LogP contribution in [0, 0.1) is 5.82 Å². The maximum Gasteiger partial charge on any atom is 0.123 e. The minimum Gasteiger partial charge on any atom is -0.255 e. The van der Waals surface area contributed by atoms with Gasteiger partial charge in [-0.25, -0.2) is 4.39 Å². The van der Waals surface area contributed by atoms with E-state index in [1.165, 1.54) is 12.1 Å². The molecule has 0 aliphatic heterocycles. The molecule has 6 heteroatoms. The van der Waals surface area contributed by atoms with Crippen molar-refractivity contribution in [3.05, 3.63) is 47.5 Å². The zero-order chi connectivity index (χ0) is 13.9. The van der Waals surface area contributed by atoms with Crippen LogP contribution in [0.2, 0.25) is 0 Å². The summed E-state index contributed by atoms with van der Waals surface area (Å²) in [5.41, 5.74) is 1.03. The van der Waals surface area contributed by atoms with Crippen LogP contribution in [-0.4, -0.2) is 26.8 Å². The Kier molecular flexibility index (Phi) is 4.42. The molecule has 1 heterocycles. The van der Waals surface area contributed by atoms with E-state index in [4.69, 9.17) is 23.2 Å². The number of hydrogen-bond donors (Lipinski definition) is 0. The molecule has 0 aliphatic carbocycles. The molecule has 0 atom stereocenters. The summed E-state index contributed by atoms with van der Waals surface area (Å²) < 4.78 is 15.0. The number of nitrogens with zero attached hydrogens (tertiary/aromatic N) is 3. The first-order chi connectivity index (χ1) is 9.09. The van der Waals surface area contributed by atoms with Gasteiger partial charge in [-0.2, -0.15) is 0 Å². The molecule has 102 valence electrons. The number of rotatable bonds is 5. The molecule has 19 heavy (non-hydrogen) atoms. The Morgan fingerprint density at radius 1 is 1.32 bits per heavy atom. The SMILES string of the molecule is Cn1cc(CC(CCl)(CCl)c2cccc(F)c2)nn1. The third-order valence-electron chi connectivity index (χ3n) is 3.12. The quantitative estimate of drug-likeness (QED) is 0.795. The average molecular weight is 302 g/mol. The van der Waals surface area contributed by atoms with E-state index in [1.54, 1.807) is 17.8 Å². The molecule has 0 fully saturated rings. The highest BCUT2D eigenvalue weighted by atomic mass is 35.5. The summed E-state index contributed by atoms with van der Waals surface area (Å²) in [6.45, 7) is 0. The van der Waals surface area contributed by atoms with Crippen LogP contribution in [0.5, 0.6) is 0 Å². The van der Waals surface area contributed by atoms with E-state index in [1.807, 2.05) is 12.3 Å². The predicted molar refractivity (Wildman–Crippen MR) is 74.2 cm³/mol. The average Bonchev–Trinajstić information content (AvgIpc) is 2.81. The van der Waals surface area contributed by atoms with Crippen molar-refractivity contribution in [3.8, 4) is 0 Å². The number of benzene rings is 1. The van der Waals surface area contributed by atoms with Gasteiger partial charge in [-0.1, -0.05) is 17.3 Å². The molecule has 3 nitrogen and oxygen atoms in total. The van der Waals surface area contributed by atoms with Gasteiger partial charge in [-0.3, -0.25) is 4.68 Å². The van der Waals surface area contributed by atoms with E-state index < -0.39 is 5.41 Å². The minimum absolute atomic E-state index is 0.288. The lowest BCUT2D eigenvalue weighted by atomic mass is 9.80. The maximum absolute atomic E-state index is 13.4. The highest BCUT2D eigenvalue weighted by Gasteiger charge is 2.32. The molecule has 0 amide bonds. The molecule has 0 N–H and O–H groups in total. The summed E-state index contributed by atoms with van der Waals surface area (Å²) in [5, 5.41) is 7.93. The number of aryl methyl sites for hydroxylation is 1. The lowest BCUT2D eigenvalue weighted by Crippen LogP contribution is -2.33. The minimum atomic E-state index is -0.540. The highest BCUT2D eigenvalue weighted by Crippen LogP contribution is 2.31. The van der Waals surface area contributed by atoms with Gasteiger partial charge in [0.25, 0.3) is 0 Å². The van der Waals surface area contributed by atoms with Crippen LogP contribution in [0.15, 0.2) is 30.5 Å². The van der Waals surface area contributed by atoms with Crippen molar-refractivity contribution in [2.24, 2.45) is 7.05 Å². The predicted octanol–water partition coefficient (Wildman–Crippen LogP) is 2.91. The fourth-order valence-electron chi connectivity index (χ4n) is 2.03. The van der Waals surface area contributed by atoms with Crippen LogP contribution in [0.4, 0.5) is 4.39 Å². The molecule has 1 aromatic heterocycles. The molecular weight excluding hydrogens is 288 g/mol. The van der Waals surface area contributed by atoms with Gasteiger partial charge in [0.15, 0.2) is 0 Å². The second-order valence-electron chi connectivity index (χ2n) is 4.62. The summed E-state index contributed by atoms with van der Waals surface area (Å²) >= 11 is 12.2. The Hall–Kier alpha value is -1.13. The second kappa shape index (κ2) is 5.88. The van der Waals surface area contributed by atoms with Crippen molar-refractivity contribution in [1.29, 1.82) is 0 Å². The number of halogens is 3. The standard InChI is InChI=1S/C13H14Cl2FN3/c1-19-7-12(17-18-19)6-13(8-14,9-15)10-3-2-4-11(16)5-10/h2-5,7H,6,8-9H2,1H3.